The molecule has 88 valence electrons. The Balaban J connectivity index is 2.50. The van der Waals surface area contributed by atoms with Gasteiger partial charge in [0.2, 0.25) is 5.91 Å². The van der Waals surface area contributed by atoms with E-state index in [0.717, 1.165) is 12.8 Å². The molecular weight excluding hydrogens is 230 g/mol. The van der Waals surface area contributed by atoms with E-state index in [0.29, 0.717) is 24.2 Å². The summed E-state index contributed by atoms with van der Waals surface area (Å²) in [6.07, 6.45) is 8.14. The topological polar surface area (TPSA) is 20.3 Å². The molecule has 0 N–H and O–H groups in total. The summed E-state index contributed by atoms with van der Waals surface area (Å²) < 4.78 is 0. The smallest absolute Gasteiger partial charge is 0.232 e. The van der Waals surface area contributed by atoms with Crippen LogP contribution in [0.1, 0.15) is 32.1 Å². The van der Waals surface area contributed by atoms with Crippen molar-refractivity contribution in [3.05, 3.63) is 0 Å². The molecule has 0 atom stereocenters. The number of hydrogen-bond donors (Lipinski definition) is 0. The fourth-order valence-corrected chi connectivity index (χ4v) is 2.80. The van der Waals surface area contributed by atoms with Crippen LogP contribution < -0.4 is 0 Å². The molecule has 0 aromatic heterocycles. The molecule has 4 heteroatoms. The lowest BCUT2D eigenvalue weighted by Gasteiger charge is -2.34. The maximum Gasteiger partial charge on any atom is 0.232 e. The Morgan fingerprint density at radius 3 is 2.60 bits per heavy atom. The first-order valence-corrected chi connectivity index (χ1v) is 7.56. The van der Waals surface area contributed by atoms with Crippen molar-refractivity contribution in [1.29, 1.82) is 0 Å². The summed E-state index contributed by atoms with van der Waals surface area (Å²) in [6.45, 7) is 0.714. The van der Waals surface area contributed by atoms with Gasteiger partial charge in [-0.15, -0.1) is 11.6 Å². The van der Waals surface area contributed by atoms with Crippen molar-refractivity contribution in [3.8, 4) is 0 Å². The van der Waals surface area contributed by atoms with Gasteiger partial charge in [0, 0.05) is 18.5 Å². The number of thioether (sulfide) groups is 1. The maximum atomic E-state index is 11.9. The minimum atomic E-state index is 0.259. The summed E-state index contributed by atoms with van der Waals surface area (Å²) in [7, 11) is 0. The van der Waals surface area contributed by atoms with Gasteiger partial charge in [-0.3, -0.25) is 4.79 Å². The number of halogens is 1. The summed E-state index contributed by atoms with van der Waals surface area (Å²) in [5.41, 5.74) is 0. The predicted molar refractivity (Wildman–Crippen MR) is 67.7 cm³/mol. The zero-order chi connectivity index (χ0) is 11.1. The van der Waals surface area contributed by atoms with Gasteiger partial charge in [0.1, 0.15) is 0 Å². The second-order valence-corrected chi connectivity index (χ2v) is 5.24. The van der Waals surface area contributed by atoms with Gasteiger partial charge in [0.05, 0.1) is 5.75 Å². The Bertz CT molecular complexity index is 195. The summed E-state index contributed by atoms with van der Waals surface area (Å²) in [5.74, 6) is 1.40. The van der Waals surface area contributed by atoms with E-state index >= 15 is 0 Å². The number of carbonyl (C=O) groups is 1. The molecule has 1 aliphatic rings. The standard InChI is InChI=1S/C11H20ClNOS/c1-15-9-11(14)13(8-7-12)10-5-3-2-4-6-10/h10H,2-9H2,1H3. The molecule has 0 aliphatic heterocycles. The van der Waals surface area contributed by atoms with Crippen molar-refractivity contribution in [1.82, 2.24) is 4.90 Å². The maximum absolute atomic E-state index is 11.9. The van der Waals surface area contributed by atoms with Crippen LogP contribution in [0.5, 0.6) is 0 Å². The Morgan fingerprint density at radius 2 is 2.07 bits per heavy atom. The van der Waals surface area contributed by atoms with Crippen LogP contribution in [0, 0.1) is 0 Å². The zero-order valence-corrected chi connectivity index (χ0v) is 10.9. The molecular formula is C11H20ClNOS. The van der Waals surface area contributed by atoms with Gasteiger partial charge < -0.3 is 4.90 Å². The average molecular weight is 250 g/mol. The van der Waals surface area contributed by atoms with Gasteiger partial charge >= 0.3 is 0 Å². The van der Waals surface area contributed by atoms with Gasteiger partial charge in [-0.2, -0.15) is 11.8 Å². The average Bonchev–Trinajstić information content (AvgIpc) is 2.27. The Labute approximate surface area is 102 Å². The first-order valence-electron chi connectivity index (χ1n) is 5.64. The highest BCUT2D eigenvalue weighted by molar-refractivity contribution is 7.99. The lowest BCUT2D eigenvalue weighted by molar-refractivity contribution is -0.131. The lowest BCUT2D eigenvalue weighted by Crippen LogP contribution is -2.43. The number of hydrogen-bond acceptors (Lipinski definition) is 2. The number of carbonyl (C=O) groups excluding carboxylic acids is 1. The molecule has 0 spiro atoms. The molecule has 0 bridgehead atoms. The molecule has 0 aromatic carbocycles. The van der Waals surface area contributed by atoms with E-state index in [1.165, 1.54) is 19.3 Å². The fourth-order valence-electron chi connectivity index (χ4n) is 2.20. The molecule has 1 amide bonds. The predicted octanol–water partition coefficient (Wildman–Crippen LogP) is 2.75. The normalized spacial score (nSPS) is 17.7. The van der Waals surface area contributed by atoms with E-state index < -0.39 is 0 Å². The van der Waals surface area contributed by atoms with Crippen LogP contribution in [-0.4, -0.2) is 41.3 Å². The largest absolute Gasteiger partial charge is 0.338 e. The van der Waals surface area contributed by atoms with Crippen LogP contribution in [0.4, 0.5) is 0 Å². The number of amides is 1. The zero-order valence-electron chi connectivity index (χ0n) is 9.38. The second kappa shape index (κ2) is 7.39. The molecule has 1 rings (SSSR count). The molecule has 1 saturated carbocycles. The molecule has 0 saturated heterocycles. The second-order valence-electron chi connectivity index (χ2n) is 4.00. The number of rotatable bonds is 5. The van der Waals surface area contributed by atoms with Crippen molar-refractivity contribution >= 4 is 29.3 Å². The molecule has 0 aromatic rings. The molecule has 0 heterocycles. The van der Waals surface area contributed by atoms with Crippen molar-refractivity contribution in [2.75, 3.05) is 24.4 Å². The highest BCUT2D eigenvalue weighted by atomic mass is 35.5. The molecule has 0 radical (unpaired) electrons. The number of nitrogens with zero attached hydrogens (tertiary/aromatic N) is 1. The monoisotopic (exact) mass is 249 g/mol. The van der Waals surface area contributed by atoms with E-state index in [2.05, 4.69) is 0 Å². The highest BCUT2D eigenvalue weighted by Gasteiger charge is 2.24. The summed E-state index contributed by atoms with van der Waals surface area (Å²) in [5, 5.41) is 0. The SMILES string of the molecule is CSCC(=O)N(CCCl)C1CCCCC1. The molecule has 1 fully saturated rings. The Morgan fingerprint density at radius 1 is 1.40 bits per heavy atom. The van der Waals surface area contributed by atoms with E-state index in [1.807, 2.05) is 11.2 Å². The third kappa shape index (κ3) is 4.23. The van der Waals surface area contributed by atoms with Crippen LogP contribution in [0.15, 0.2) is 0 Å². The molecule has 0 unspecified atom stereocenters. The van der Waals surface area contributed by atoms with Gasteiger partial charge in [-0.25, -0.2) is 0 Å². The quantitative estimate of drug-likeness (QED) is 0.699. The van der Waals surface area contributed by atoms with Crippen molar-refractivity contribution in [2.24, 2.45) is 0 Å². The first kappa shape index (κ1) is 13.2. The highest BCUT2D eigenvalue weighted by Crippen LogP contribution is 2.23. The van der Waals surface area contributed by atoms with Gasteiger partial charge in [-0.1, -0.05) is 19.3 Å². The van der Waals surface area contributed by atoms with Crippen LogP contribution >= 0.6 is 23.4 Å². The van der Waals surface area contributed by atoms with Gasteiger partial charge in [-0.05, 0) is 19.1 Å². The van der Waals surface area contributed by atoms with E-state index in [9.17, 15) is 4.79 Å². The third-order valence-electron chi connectivity index (χ3n) is 2.93. The van der Waals surface area contributed by atoms with Gasteiger partial charge in [0.25, 0.3) is 0 Å². The summed E-state index contributed by atoms with van der Waals surface area (Å²) in [4.78, 5) is 13.9. The lowest BCUT2D eigenvalue weighted by atomic mass is 9.94. The van der Waals surface area contributed by atoms with Crippen LogP contribution in [0.25, 0.3) is 0 Å². The van der Waals surface area contributed by atoms with Crippen LogP contribution in [0.2, 0.25) is 0 Å². The van der Waals surface area contributed by atoms with E-state index in [4.69, 9.17) is 11.6 Å². The van der Waals surface area contributed by atoms with E-state index in [-0.39, 0.29) is 5.91 Å². The van der Waals surface area contributed by atoms with E-state index in [1.54, 1.807) is 11.8 Å². The Kier molecular flexibility index (Phi) is 6.50. The van der Waals surface area contributed by atoms with Crippen LogP contribution in [-0.2, 0) is 4.79 Å². The molecule has 1 aliphatic carbocycles. The number of alkyl halides is 1. The first-order chi connectivity index (χ1) is 7.29. The van der Waals surface area contributed by atoms with Gasteiger partial charge in [0.15, 0.2) is 0 Å². The van der Waals surface area contributed by atoms with Crippen molar-refractivity contribution in [3.63, 3.8) is 0 Å². The molecule has 2 nitrogen and oxygen atoms in total. The van der Waals surface area contributed by atoms with Crippen LogP contribution in [0.3, 0.4) is 0 Å². The minimum Gasteiger partial charge on any atom is -0.338 e. The third-order valence-corrected chi connectivity index (χ3v) is 3.63. The van der Waals surface area contributed by atoms with Crippen molar-refractivity contribution in [2.45, 2.75) is 38.1 Å². The summed E-state index contributed by atoms with van der Waals surface area (Å²) >= 11 is 7.35. The fraction of sp³-hybridized carbons (Fsp3) is 0.909. The van der Waals surface area contributed by atoms with Crippen molar-refractivity contribution < 1.29 is 4.79 Å². The molecule has 15 heavy (non-hydrogen) atoms. The minimum absolute atomic E-state index is 0.259. The summed E-state index contributed by atoms with van der Waals surface area (Å²) in [6, 6.07) is 0.456. The Hall–Kier alpha value is 0.110.